The number of rotatable bonds is 1. The Bertz CT molecular complexity index is 528. The van der Waals surface area contributed by atoms with Crippen LogP contribution in [0.5, 0.6) is 0 Å². The molecule has 0 saturated heterocycles. The lowest BCUT2D eigenvalue weighted by atomic mass is 10.1. The van der Waals surface area contributed by atoms with E-state index in [1.54, 1.807) is 11.5 Å². The Morgan fingerprint density at radius 2 is 2.20 bits per heavy atom. The van der Waals surface area contributed by atoms with Crippen LogP contribution in [0.25, 0.3) is 10.9 Å². The molecule has 0 saturated carbocycles. The third-order valence-corrected chi connectivity index (χ3v) is 2.50. The van der Waals surface area contributed by atoms with E-state index in [1.165, 1.54) is 6.20 Å². The third kappa shape index (κ3) is 1.98. The lowest BCUT2D eigenvalue weighted by molar-refractivity contribution is 0.0706. The number of halogens is 1. The lowest BCUT2D eigenvalue weighted by Gasteiger charge is -2.01. The van der Waals surface area contributed by atoms with Gasteiger partial charge in [0.15, 0.2) is 0 Å². The number of hydrogen-bond donors (Lipinski definition) is 2. The first kappa shape index (κ1) is 10.1. The van der Waals surface area contributed by atoms with Gasteiger partial charge in [-0.3, -0.25) is 15.0 Å². The minimum atomic E-state index is -0.565. The SMILES string of the molecule is O=C(NO)c1cnc2ccc(Br)cc2c1. The number of benzene rings is 1. The van der Waals surface area contributed by atoms with Gasteiger partial charge in [-0.25, -0.2) is 5.48 Å². The van der Waals surface area contributed by atoms with E-state index in [2.05, 4.69) is 20.9 Å². The molecular weight excluding hydrogens is 260 g/mol. The van der Waals surface area contributed by atoms with Crippen molar-refractivity contribution in [3.63, 3.8) is 0 Å². The van der Waals surface area contributed by atoms with Gasteiger partial charge >= 0.3 is 0 Å². The number of nitrogens with one attached hydrogen (secondary N) is 1. The number of carbonyl (C=O) groups is 1. The molecule has 15 heavy (non-hydrogen) atoms. The van der Waals surface area contributed by atoms with Crippen LogP contribution in [0.15, 0.2) is 34.9 Å². The minimum Gasteiger partial charge on any atom is -0.288 e. The number of hydroxylamine groups is 1. The molecule has 1 heterocycles. The molecule has 4 nitrogen and oxygen atoms in total. The maximum Gasteiger partial charge on any atom is 0.276 e. The number of aromatic nitrogens is 1. The van der Waals surface area contributed by atoms with Crippen molar-refractivity contribution in [1.82, 2.24) is 10.5 Å². The van der Waals surface area contributed by atoms with Gasteiger partial charge in [0.2, 0.25) is 0 Å². The van der Waals surface area contributed by atoms with E-state index in [4.69, 9.17) is 5.21 Å². The quantitative estimate of drug-likeness (QED) is 0.614. The zero-order chi connectivity index (χ0) is 10.8. The molecule has 2 N–H and O–H groups in total. The molecule has 0 radical (unpaired) electrons. The summed E-state index contributed by atoms with van der Waals surface area (Å²) in [6.07, 6.45) is 1.42. The fourth-order valence-electron chi connectivity index (χ4n) is 1.29. The topological polar surface area (TPSA) is 62.2 Å². The number of carbonyl (C=O) groups excluding carboxylic acids is 1. The molecule has 0 aliphatic heterocycles. The Balaban J connectivity index is 2.59. The van der Waals surface area contributed by atoms with E-state index in [1.807, 2.05) is 18.2 Å². The second kappa shape index (κ2) is 3.96. The van der Waals surface area contributed by atoms with Crippen molar-refractivity contribution < 1.29 is 10.0 Å². The van der Waals surface area contributed by atoms with Crippen molar-refractivity contribution in [3.8, 4) is 0 Å². The maximum atomic E-state index is 11.1. The fraction of sp³-hybridized carbons (Fsp3) is 0. The molecule has 0 unspecified atom stereocenters. The highest BCUT2D eigenvalue weighted by molar-refractivity contribution is 9.10. The Hall–Kier alpha value is -1.46. The predicted molar refractivity (Wildman–Crippen MR) is 58.7 cm³/mol. The summed E-state index contributed by atoms with van der Waals surface area (Å²) in [7, 11) is 0. The molecule has 0 bridgehead atoms. The van der Waals surface area contributed by atoms with Crippen LogP contribution in [0.4, 0.5) is 0 Å². The molecule has 2 rings (SSSR count). The molecule has 1 aromatic heterocycles. The van der Waals surface area contributed by atoms with Gasteiger partial charge in [-0.15, -0.1) is 0 Å². The van der Waals surface area contributed by atoms with Gasteiger partial charge in [0.05, 0.1) is 11.1 Å². The van der Waals surface area contributed by atoms with Crippen LogP contribution in [-0.4, -0.2) is 16.1 Å². The van der Waals surface area contributed by atoms with Gasteiger partial charge in [-0.05, 0) is 24.3 Å². The summed E-state index contributed by atoms with van der Waals surface area (Å²) >= 11 is 3.33. The number of amides is 1. The Morgan fingerprint density at radius 1 is 1.40 bits per heavy atom. The summed E-state index contributed by atoms with van der Waals surface area (Å²) in [5.41, 5.74) is 2.69. The van der Waals surface area contributed by atoms with E-state index in [9.17, 15) is 4.79 Å². The number of pyridine rings is 1. The molecule has 0 atom stereocenters. The molecule has 1 amide bonds. The van der Waals surface area contributed by atoms with E-state index in [-0.39, 0.29) is 0 Å². The van der Waals surface area contributed by atoms with Crippen molar-refractivity contribution in [1.29, 1.82) is 0 Å². The Morgan fingerprint density at radius 3 is 2.93 bits per heavy atom. The van der Waals surface area contributed by atoms with Crippen molar-refractivity contribution in [2.75, 3.05) is 0 Å². The van der Waals surface area contributed by atoms with E-state index < -0.39 is 5.91 Å². The van der Waals surface area contributed by atoms with Crippen LogP contribution in [0.1, 0.15) is 10.4 Å². The summed E-state index contributed by atoms with van der Waals surface area (Å²) < 4.78 is 0.915. The largest absolute Gasteiger partial charge is 0.288 e. The highest BCUT2D eigenvalue weighted by Gasteiger charge is 2.05. The van der Waals surface area contributed by atoms with Crippen molar-refractivity contribution in [2.24, 2.45) is 0 Å². The molecule has 2 aromatic rings. The first-order chi connectivity index (χ1) is 7.20. The highest BCUT2D eigenvalue weighted by Crippen LogP contribution is 2.18. The first-order valence-electron chi connectivity index (χ1n) is 4.20. The second-order valence-electron chi connectivity index (χ2n) is 3.00. The van der Waals surface area contributed by atoms with Gasteiger partial charge in [-0.1, -0.05) is 15.9 Å². The van der Waals surface area contributed by atoms with E-state index in [0.29, 0.717) is 5.56 Å². The van der Waals surface area contributed by atoms with Gasteiger partial charge in [0.25, 0.3) is 5.91 Å². The molecule has 1 aromatic carbocycles. The molecule has 0 spiro atoms. The molecular formula is C10H7BrN2O2. The average Bonchev–Trinajstić information content (AvgIpc) is 2.27. The summed E-state index contributed by atoms with van der Waals surface area (Å²) in [4.78, 5) is 15.2. The zero-order valence-electron chi connectivity index (χ0n) is 7.57. The average molecular weight is 267 g/mol. The Kier molecular flexibility index (Phi) is 2.66. The predicted octanol–water partition coefficient (Wildman–Crippen LogP) is 2.12. The molecule has 76 valence electrons. The third-order valence-electron chi connectivity index (χ3n) is 2.01. The molecule has 0 aliphatic rings. The first-order valence-corrected chi connectivity index (χ1v) is 5.00. The zero-order valence-corrected chi connectivity index (χ0v) is 9.15. The lowest BCUT2D eigenvalue weighted by Crippen LogP contribution is -2.18. The Labute approximate surface area is 94.0 Å². The number of fused-ring (bicyclic) bond motifs is 1. The fourth-order valence-corrected chi connectivity index (χ4v) is 1.67. The minimum absolute atomic E-state index is 0.322. The van der Waals surface area contributed by atoms with Gasteiger partial charge in [0.1, 0.15) is 0 Å². The van der Waals surface area contributed by atoms with Crippen LogP contribution < -0.4 is 5.48 Å². The standard InChI is InChI=1S/C10H7BrN2O2/c11-8-1-2-9-6(4-8)3-7(5-12-9)10(14)13-15/h1-5,15H,(H,13,14). The molecule has 5 heteroatoms. The normalized spacial score (nSPS) is 10.3. The van der Waals surface area contributed by atoms with Crippen LogP contribution in [-0.2, 0) is 0 Å². The van der Waals surface area contributed by atoms with E-state index >= 15 is 0 Å². The number of nitrogens with zero attached hydrogens (tertiary/aromatic N) is 1. The summed E-state index contributed by atoms with van der Waals surface area (Å²) in [6, 6.07) is 7.25. The molecule has 0 fully saturated rings. The summed E-state index contributed by atoms with van der Waals surface area (Å²) in [5, 5.41) is 9.32. The smallest absolute Gasteiger partial charge is 0.276 e. The molecule has 0 aliphatic carbocycles. The maximum absolute atomic E-state index is 11.1. The summed E-state index contributed by atoms with van der Waals surface area (Å²) in [6.45, 7) is 0. The monoisotopic (exact) mass is 266 g/mol. The van der Waals surface area contributed by atoms with Crippen LogP contribution in [0.2, 0.25) is 0 Å². The van der Waals surface area contributed by atoms with Crippen molar-refractivity contribution in [3.05, 3.63) is 40.5 Å². The van der Waals surface area contributed by atoms with Gasteiger partial charge in [0, 0.05) is 16.1 Å². The van der Waals surface area contributed by atoms with Crippen molar-refractivity contribution >= 4 is 32.7 Å². The number of hydrogen-bond acceptors (Lipinski definition) is 3. The van der Waals surface area contributed by atoms with E-state index in [0.717, 1.165) is 15.4 Å². The van der Waals surface area contributed by atoms with Gasteiger partial charge < -0.3 is 0 Å². The van der Waals surface area contributed by atoms with Crippen LogP contribution in [0, 0.1) is 0 Å². The van der Waals surface area contributed by atoms with Crippen LogP contribution in [0.3, 0.4) is 0 Å². The van der Waals surface area contributed by atoms with Crippen molar-refractivity contribution in [2.45, 2.75) is 0 Å². The second-order valence-corrected chi connectivity index (χ2v) is 3.92. The van der Waals surface area contributed by atoms with Crippen LogP contribution >= 0.6 is 15.9 Å². The summed E-state index contributed by atoms with van der Waals surface area (Å²) in [5.74, 6) is -0.565. The van der Waals surface area contributed by atoms with Gasteiger partial charge in [-0.2, -0.15) is 0 Å². The highest BCUT2D eigenvalue weighted by atomic mass is 79.9.